The summed E-state index contributed by atoms with van der Waals surface area (Å²) in [6.07, 6.45) is 6.21. The van der Waals surface area contributed by atoms with Crippen LogP contribution in [0.5, 0.6) is 0 Å². The highest BCUT2D eigenvalue weighted by molar-refractivity contribution is 6.06. The highest BCUT2D eigenvalue weighted by atomic mass is 16.1. The van der Waals surface area contributed by atoms with E-state index in [4.69, 9.17) is 0 Å². The van der Waals surface area contributed by atoms with E-state index in [2.05, 4.69) is 48.5 Å². The van der Waals surface area contributed by atoms with Crippen molar-refractivity contribution in [3.8, 4) is 11.1 Å². The molecule has 0 unspecified atom stereocenters. The third-order valence-corrected chi connectivity index (χ3v) is 4.36. The molecule has 0 fully saturated rings. The van der Waals surface area contributed by atoms with Crippen molar-refractivity contribution < 1.29 is 4.79 Å². The molecule has 0 radical (unpaired) electrons. The van der Waals surface area contributed by atoms with Crippen LogP contribution in [-0.2, 0) is 13.0 Å². The number of fused-ring (bicyclic) bond motifs is 1. The predicted molar refractivity (Wildman–Crippen MR) is 109 cm³/mol. The van der Waals surface area contributed by atoms with Crippen LogP contribution in [0.1, 0.15) is 49.6 Å². The fourth-order valence-electron chi connectivity index (χ4n) is 3.25. The molecule has 0 saturated heterocycles. The van der Waals surface area contributed by atoms with Gasteiger partial charge in [0.2, 0.25) is 0 Å². The third-order valence-electron chi connectivity index (χ3n) is 4.36. The molecule has 0 aliphatic carbocycles. The number of rotatable bonds is 5. The van der Waals surface area contributed by atoms with E-state index in [1.807, 2.05) is 36.1 Å². The number of aromatic nitrogens is 4. The van der Waals surface area contributed by atoms with Gasteiger partial charge in [0.25, 0.3) is 0 Å². The zero-order valence-electron chi connectivity index (χ0n) is 16.7. The molecule has 1 aromatic carbocycles. The van der Waals surface area contributed by atoms with Crippen LogP contribution in [0, 0.1) is 12.3 Å². The second-order valence-corrected chi connectivity index (χ2v) is 8.17. The molecule has 2 aromatic heterocycles. The van der Waals surface area contributed by atoms with Crippen molar-refractivity contribution in [1.29, 1.82) is 0 Å². The van der Waals surface area contributed by atoms with Crippen molar-refractivity contribution in [2.24, 2.45) is 5.41 Å². The van der Waals surface area contributed by atoms with Crippen LogP contribution in [0.3, 0.4) is 0 Å². The standard InChI is InChI=1S/C22H26N4O/c1-7-8-16-9-17(18-11-23-15(3)24-12-18)10-19-20(14(2)27)25-26(21(16)19)13-22(4,5)6/h7,9-12H,1,8,13H2,2-6H3. The first-order valence-electron chi connectivity index (χ1n) is 9.14. The number of carbonyl (C=O) groups excluding carboxylic acids is 1. The van der Waals surface area contributed by atoms with Gasteiger partial charge in [-0.2, -0.15) is 5.10 Å². The van der Waals surface area contributed by atoms with Crippen molar-refractivity contribution in [3.05, 3.63) is 54.3 Å². The van der Waals surface area contributed by atoms with Gasteiger partial charge in [0.05, 0.1) is 5.52 Å². The Hall–Kier alpha value is -2.82. The van der Waals surface area contributed by atoms with Gasteiger partial charge >= 0.3 is 0 Å². The molecule has 5 nitrogen and oxygen atoms in total. The summed E-state index contributed by atoms with van der Waals surface area (Å²) in [6, 6.07) is 4.15. The Balaban J connectivity index is 2.31. The lowest BCUT2D eigenvalue weighted by atomic mass is 9.96. The van der Waals surface area contributed by atoms with Crippen molar-refractivity contribution in [1.82, 2.24) is 19.7 Å². The first-order valence-corrected chi connectivity index (χ1v) is 9.14. The minimum atomic E-state index is -0.0329. The molecule has 0 atom stereocenters. The summed E-state index contributed by atoms with van der Waals surface area (Å²) in [4.78, 5) is 20.9. The molecule has 0 bridgehead atoms. The minimum Gasteiger partial charge on any atom is -0.293 e. The normalized spacial score (nSPS) is 11.7. The molecule has 0 spiro atoms. The lowest BCUT2D eigenvalue weighted by molar-refractivity contribution is 0.101. The molecule has 0 saturated carbocycles. The van der Waals surface area contributed by atoms with Crippen LogP contribution in [0.25, 0.3) is 22.0 Å². The van der Waals surface area contributed by atoms with E-state index in [1.165, 1.54) is 0 Å². The Bertz CT molecular complexity index is 1010. The summed E-state index contributed by atoms with van der Waals surface area (Å²) in [7, 11) is 0. The maximum absolute atomic E-state index is 12.3. The SMILES string of the molecule is C=CCc1cc(-c2cnc(C)nc2)cc2c(C(C)=O)nn(CC(C)(C)C)c12. The van der Waals surface area contributed by atoms with Gasteiger partial charge in [-0.05, 0) is 42.0 Å². The van der Waals surface area contributed by atoms with Crippen LogP contribution in [0.2, 0.25) is 0 Å². The second-order valence-electron chi connectivity index (χ2n) is 8.17. The summed E-state index contributed by atoms with van der Waals surface area (Å²) >= 11 is 0. The Morgan fingerprint density at radius 1 is 1.19 bits per heavy atom. The molecule has 0 aliphatic heterocycles. The molecule has 3 rings (SSSR count). The fourth-order valence-corrected chi connectivity index (χ4v) is 3.25. The van der Waals surface area contributed by atoms with Crippen LogP contribution in [0.15, 0.2) is 37.2 Å². The summed E-state index contributed by atoms with van der Waals surface area (Å²) < 4.78 is 1.97. The number of hydrogen-bond acceptors (Lipinski definition) is 4. The monoisotopic (exact) mass is 362 g/mol. The van der Waals surface area contributed by atoms with Gasteiger partial charge in [-0.3, -0.25) is 9.48 Å². The van der Waals surface area contributed by atoms with Crippen molar-refractivity contribution in [2.45, 2.75) is 47.6 Å². The van der Waals surface area contributed by atoms with Crippen molar-refractivity contribution in [3.63, 3.8) is 0 Å². The number of nitrogens with zero attached hydrogens (tertiary/aromatic N) is 4. The van der Waals surface area contributed by atoms with Crippen LogP contribution in [-0.4, -0.2) is 25.5 Å². The molecule has 2 heterocycles. The zero-order valence-corrected chi connectivity index (χ0v) is 16.7. The van der Waals surface area contributed by atoms with E-state index >= 15 is 0 Å². The van der Waals surface area contributed by atoms with Gasteiger partial charge in [-0.15, -0.1) is 6.58 Å². The number of benzene rings is 1. The minimum absolute atomic E-state index is 0.0329. The number of ketones is 1. The summed E-state index contributed by atoms with van der Waals surface area (Å²) in [5.74, 6) is 0.697. The number of Topliss-reactive ketones (excluding diaryl/α,β-unsaturated/α-hetero) is 1. The molecule has 0 amide bonds. The first-order chi connectivity index (χ1) is 12.7. The lowest BCUT2D eigenvalue weighted by Gasteiger charge is -2.19. The lowest BCUT2D eigenvalue weighted by Crippen LogP contribution is -2.17. The van der Waals surface area contributed by atoms with Gasteiger partial charge in [-0.25, -0.2) is 9.97 Å². The average molecular weight is 362 g/mol. The number of carbonyl (C=O) groups is 1. The van der Waals surface area contributed by atoms with E-state index in [-0.39, 0.29) is 11.2 Å². The molecule has 27 heavy (non-hydrogen) atoms. The van der Waals surface area contributed by atoms with E-state index in [1.54, 1.807) is 6.92 Å². The summed E-state index contributed by atoms with van der Waals surface area (Å²) in [5, 5.41) is 5.54. The summed E-state index contributed by atoms with van der Waals surface area (Å²) in [6.45, 7) is 14.6. The van der Waals surface area contributed by atoms with Crippen LogP contribution >= 0.6 is 0 Å². The first kappa shape index (κ1) is 19.0. The maximum Gasteiger partial charge on any atom is 0.180 e. The Kier molecular flexibility index (Phi) is 4.96. The van der Waals surface area contributed by atoms with Gasteiger partial charge in [-0.1, -0.05) is 26.8 Å². The number of hydrogen-bond donors (Lipinski definition) is 0. The molecule has 0 N–H and O–H groups in total. The highest BCUT2D eigenvalue weighted by Gasteiger charge is 2.21. The van der Waals surface area contributed by atoms with Crippen LogP contribution in [0.4, 0.5) is 0 Å². The largest absolute Gasteiger partial charge is 0.293 e. The molecule has 0 aliphatic rings. The third kappa shape index (κ3) is 3.97. The van der Waals surface area contributed by atoms with Gasteiger partial charge < -0.3 is 0 Å². The fraction of sp³-hybridized carbons (Fsp3) is 0.364. The summed E-state index contributed by atoms with van der Waals surface area (Å²) in [5.41, 5.74) is 4.56. The highest BCUT2D eigenvalue weighted by Crippen LogP contribution is 2.32. The molecular weight excluding hydrogens is 336 g/mol. The van der Waals surface area contributed by atoms with Crippen LogP contribution < -0.4 is 0 Å². The maximum atomic E-state index is 12.3. The average Bonchev–Trinajstić information content (AvgIpc) is 2.93. The molecular formula is C22H26N4O. The molecule has 3 aromatic rings. The smallest absolute Gasteiger partial charge is 0.180 e. The predicted octanol–water partition coefficient (Wildman–Crippen LogP) is 4.78. The zero-order chi connectivity index (χ0) is 19.8. The van der Waals surface area contributed by atoms with E-state index in [0.29, 0.717) is 12.1 Å². The molecule has 140 valence electrons. The Morgan fingerprint density at radius 2 is 1.85 bits per heavy atom. The van der Waals surface area contributed by atoms with Crippen molar-refractivity contribution >= 4 is 16.7 Å². The number of aryl methyl sites for hydroxylation is 1. The number of allylic oxidation sites excluding steroid dienone is 1. The van der Waals surface area contributed by atoms with Gasteiger partial charge in [0.1, 0.15) is 11.5 Å². The topological polar surface area (TPSA) is 60.7 Å². The van der Waals surface area contributed by atoms with E-state index < -0.39 is 0 Å². The van der Waals surface area contributed by atoms with E-state index in [9.17, 15) is 4.79 Å². The van der Waals surface area contributed by atoms with E-state index in [0.717, 1.165) is 40.0 Å². The van der Waals surface area contributed by atoms with Gasteiger partial charge in [0, 0.05) is 36.8 Å². The van der Waals surface area contributed by atoms with Gasteiger partial charge in [0.15, 0.2) is 5.78 Å². The Morgan fingerprint density at radius 3 is 2.41 bits per heavy atom. The van der Waals surface area contributed by atoms with Crippen molar-refractivity contribution in [2.75, 3.05) is 0 Å². The molecule has 5 heteroatoms. The quantitative estimate of drug-likeness (QED) is 0.484. The second kappa shape index (κ2) is 7.06. The Labute approximate surface area is 160 Å².